The third kappa shape index (κ3) is 2.27. The summed E-state index contributed by atoms with van der Waals surface area (Å²) in [7, 11) is 0. The van der Waals surface area contributed by atoms with Crippen LogP contribution in [0.1, 0.15) is 22.7 Å². The highest BCUT2D eigenvalue weighted by Crippen LogP contribution is 2.37. The van der Waals surface area contributed by atoms with Gasteiger partial charge in [-0.25, -0.2) is 8.78 Å². The fourth-order valence-corrected chi connectivity index (χ4v) is 3.30. The second kappa shape index (κ2) is 5.26. The minimum Gasteiger partial charge on any atom is -0.324 e. The summed E-state index contributed by atoms with van der Waals surface area (Å²) < 4.78 is 28.2. The van der Waals surface area contributed by atoms with Crippen LogP contribution in [0.5, 0.6) is 0 Å². The molecule has 0 radical (unpaired) electrons. The molecule has 0 saturated carbocycles. The van der Waals surface area contributed by atoms with Crippen LogP contribution in [-0.4, -0.2) is 0 Å². The van der Waals surface area contributed by atoms with Gasteiger partial charge in [0.1, 0.15) is 11.6 Å². The summed E-state index contributed by atoms with van der Waals surface area (Å²) in [4.78, 5) is 0. The van der Waals surface area contributed by atoms with Gasteiger partial charge in [0.05, 0.1) is 4.47 Å². The SMILES string of the molecule is NC1c2ccccc2CC1Cc1c(F)ccc(Br)c1F. The van der Waals surface area contributed by atoms with E-state index in [0.29, 0.717) is 6.42 Å². The maximum absolute atomic E-state index is 14.0. The van der Waals surface area contributed by atoms with Gasteiger partial charge in [0, 0.05) is 11.6 Å². The van der Waals surface area contributed by atoms with Gasteiger partial charge in [-0.05, 0) is 57.9 Å². The molecule has 0 aliphatic heterocycles. The van der Waals surface area contributed by atoms with Crippen LogP contribution in [0.3, 0.4) is 0 Å². The van der Waals surface area contributed by atoms with E-state index >= 15 is 0 Å². The van der Waals surface area contributed by atoms with Gasteiger partial charge >= 0.3 is 0 Å². The molecule has 0 amide bonds. The molecule has 104 valence electrons. The van der Waals surface area contributed by atoms with Crippen LogP contribution in [0.15, 0.2) is 40.9 Å². The van der Waals surface area contributed by atoms with Crippen molar-refractivity contribution in [1.29, 1.82) is 0 Å². The van der Waals surface area contributed by atoms with Crippen LogP contribution in [0.4, 0.5) is 8.78 Å². The zero-order valence-electron chi connectivity index (χ0n) is 10.7. The van der Waals surface area contributed by atoms with E-state index in [0.717, 1.165) is 12.0 Å². The lowest BCUT2D eigenvalue weighted by Crippen LogP contribution is -2.20. The minimum atomic E-state index is -0.520. The van der Waals surface area contributed by atoms with Crippen molar-refractivity contribution in [2.75, 3.05) is 0 Å². The first-order valence-electron chi connectivity index (χ1n) is 6.53. The molecule has 2 N–H and O–H groups in total. The first-order chi connectivity index (χ1) is 9.58. The normalized spacial score (nSPS) is 21.0. The highest BCUT2D eigenvalue weighted by atomic mass is 79.9. The van der Waals surface area contributed by atoms with Gasteiger partial charge in [-0.3, -0.25) is 0 Å². The molecule has 0 fully saturated rings. The Morgan fingerprint density at radius 2 is 1.90 bits per heavy atom. The fraction of sp³-hybridized carbons (Fsp3) is 0.250. The van der Waals surface area contributed by atoms with E-state index in [-0.39, 0.29) is 22.0 Å². The summed E-state index contributed by atoms with van der Waals surface area (Å²) in [6.45, 7) is 0. The number of benzene rings is 2. The zero-order chi connectivity index (χ0) is 14.3. The monoisotopic (exact) mass is 337 g/mol. The summed E-state index contributed by atoms with van der Waals surface area (Å²) in [5.41, 5.74) is 8.61. The van der Waals surface area contributed by atoms with E-state index < -0.39 is 11.6 Å². The lowest BCUT2D eigenvalue weighted by Gasteiger charge is -2.17. The number of rotatable bonds is 2. The summed E-state index contributed by atoms with van der Waals surface area (Å²) in [5, 5.41) is 0. The minimum absolute atomic E-state index is 0.0331. The molecule has 2 unspecified atom stereocenters. The molecule has 3 rings (SSSR count). The average Bonchev–Trinajstić information content (AvgIpc) is 2.76. The van der Waals surface area contributed by atoms with Crippen molar-refractivity contribution in [3.63, 3.8) is 0 Å². The third-order valence-electron chi connectivity index (χ3n) is 4.01. The topological polar surface area (TPSA) is 26.0 Å². The molecule has 0 heterocycles. The van der Waals surface area contributed by atoms with E-state index in [9.17, 15) is 8.78 Å². The van der Waals surface area contributed by atoms with E-state index in [4.69, 9.17) is 5.73 Å². The first-order valence-corrected chi connectivity index (χ1v) is 7.33. The van der Waals surface area contributed by atoms with Crippen LogP contribution in [0, 0.1) is 17.6 Å². The molecule has 20 heavy (non-hydrogen) atoms. The number of nitrogens with two attached hydrogens (primary N) is 1. The van der Waals surface area contributed by atoms with E-state index in [2.05, 4.69) is 15.9 Å². The second-order valence-corrected chi connectivity index (χ2v) is 6.07. The van der Waals surface area contributed by atoms with Gasteiger partial charge in [0.2, 0.25) is 0 Å². The number of fused-ring (bicyclic) bond motifs is 1. The van der Waals surface area contributed by atoms with E-state index in [1.165, 1.54) is 17.7 Å². The van der Waals surface area contributed by atoms with Gasteiger partial charge in [-0.15, -0.1) is 0 Å². The lowest BCUT2D eigenvalue weighted by atomic mass is 9.93. The van der Waals surface area contributed by atoms with Crippen LogP contribution >= 0.6 is 15.9 Å². The Kier molecular flexibility index (Phi) is 3.61. The molecule has 1 nitrogen and oxygen atoms in total. The Labute approximate surface area is 124 Å². The van der Waals surface area contributed by atoms with Gasteiger partial charge in [-0.2, -0.15) is 0 Å². The van der Waals surface area contributed by atoms with Crippen molar-refractivity contribution < 1.29 is 8.78 Å². The molecule has 1 aliphatic rings. The zero-order valence-corrected chi connectivity index (χ0v) is 12.3. The molecule has 2 aromatic rings. The van der Waals surface area contributed by atoms with Crippen molar-refractivity contribution in [2.45, 2.75) is 18.9 Å². The Morgan fingerprint density at radius 1 is 1.15 bits per heavy atom. The maximum atomic E-state index is 14.0. The van der Waals surface area contributed by atoms with Crippen LogP contribution in [-0.2, 0) is 12.8 Å². The molecule has 1 aliphatic carbocycles. The number of hydrogen-bond acceptors (Lipinski definition) is 1. The smallest absolute Gasteiger partial charge is 0.143 e. The van der Waals surface area contributed by atoms with Crippen LogP contribution in [0.2, 0.25) is 0 Å². The molecule has 0 bridgehead atoms. The molecule has 2 atom stereocenters. The third-order valence-corrected chi connectivity index (χ3v) is 4.62. The molecule has 0 saturated heterocycles. The summed E-state index contributed by atoms with van der Waals surface area (Å²) in [6.07, 6.45) is 1.08. The van der Waals surface area contributed by atoms with Crippen molar-refractivity contribution >= 4 is 15.9 Å². The predicted octanol–water partition coefficient (Wildman–Crippen LogP) is 4.14. The van der Waals surface area contributed by atoms with Crippen LogP contribution < -0.4 is 5.73 Å². The quantitative estimate of drug-likeness (QED) is 0.819. The number of halogens is 3. The van der Waals surface area contributed by atoms with Crippen LogP contribution in [0.25, 0.3) is 0 Å². The lowest BCUT2D eigenvalue weighted by molar-refractivity contribution is 0.439. The van der Waals surface area contributed by atoms with Crippen molar-refractivity contribution in [3.8, 4) is 0 Å². The summed E-state index contributed by atoms with van der Waals surface area (Å²) >= 11 is 3.10. The summed E-state index contributed by atoms with van der Waals surface area (Å²) in [6, 6.07) is 10.4. The molecular formula is C16H14BrF2N. The van der Waals surface area contributed by atoms with Gasteiger partial charge in [0.25, 0.3) is 0 Å². The van der Waals surface area contributed by atoms with Gasteiger partial charge in [-0.1, -0.05) is 24.3 Å². The Hall–Kier alpha value is -1.26. The Morgan fingerprint density at radius 3 is 2.65 bits per heavy atom. The van der Waals surface area contributed by atoms with Gasteiger partial charge < -0.3 is 5.73 Å². The molecule has 4 heteroatoms. The number of hydrogen-bond donors (Lipinski definition) is 1. The molecule has 2 aromatic carbocycles. The fourth-order valence-electron chi connectivity index (χ4n) is 2.93. The van der Waals surface area contributed by atoms with Crippen molar-refractivity contribution in [2.24, 2.45) is 11.7 Å². The predicted molar refractivity (Wildman–Crippen MR) is 78.3 cm³/mol. The van der Waals surface area contributed by atoms with Gasteiger partial charge in [0.15, 0.2) is 0 Å². The maximum Gasteiger partial charge on any atom is 0.143 e. The Balaban J connectivity index is 1.90. The molecular weight excluding hydrogens is 324 g/mol. The Bertz CT molecular complexity index is 657. The summed E-state index contributed by atoms with van der Waals surface area (Å²) in [5.74, 6) is -0.993. The standard InChI is InChI=1S/C16H14BrF2N/c17-13-5-6-14(18)12(15(13)19)8-10-7-9-3-1-2-4-11(9)16(10)20/h1-6,10,16H,7-8,20H2. The van der Waals surface area contributed by atoms with Crippen molar-refractivity contribution in [1.82, 2.24) is 0 Å². The molecule has 0 aromatic heterocycles. The van der Waals surface area contributed by atoms with E-state index in [1.807, 2.05) is 24.3 Å². The second-order valence-electron chi connectivity index (χ2n) is 5.21. The highest BCUT2D eigenvalue weighted by Gasteiger charge is 2.31. The van der Waals surface area contributed by atoms with Crippen molar-refractivity contribution in [3.05, 3.63) is 69.2 Å². The largest absolute Gasteiger partial charge is 0.324 e. The average molecular weight is 338 g/mol. The first kappa shape index (κ1) is 13.7. The van der Waals surface area contributed by atoms with E-state index in [1.54, 1.807) is 0 Å². The highest BCUT2D eigenvalue weighted by molar-refractivity contribution is 9.10. The molecule has 0 spiro atoms.